The minimum atomic E-state index is -0.463. The monoisotopic (exact) mass is 302 g/mol. The minimum Gasteiger partial charge on any atom is -0.322 e. The molecule has 21 heavy (non-hydrogen) atoms. The first-order valence-electron chi connectivity index (χ1n) is 6.26. The Morgan fingerprint density at radius 1 is 1.29 bits per heavy atom. The largest absolute Gasteiger partial charge is 0.322 e. The van der Waals surface area contributed by atoms with Crippen LogP contribution in [-0.4, -0.2) is 10.8 Å². The summed E-state index contributed by atoms with van der Waals surface area (Å²) in [6.45, 7) is 3.65. The Morgan fingerprint density at radius 2 is 2.05 bits per heavy atom. The lowest BCUT2D eigenvalue weighted by Gasteiger charge is -2.03. The molecule has 0 saturated carbocycles. The maximum Gasteiger partial charge on any atom is 0.274 e. The zero-order valence-corrected chi connectivity index (χ0v) is 12.4. The SMILES string of the molecule is Cc1ccc(/C=C/C(=O)Nc2ccc(C)c([N+](=O)[O-])c2)s1. The molecule has 1 amide bonds. The van der Waals surface area contributed by atoms with Crippen molar-refractivity contribution in [3.63, 3.8) is 0 Å². The predicted octanol–water partition coefficient (Wildman–Crippen LogP) is 3.93. The third-order valence-electron chi connectivity index (χ3n) is 2.83. The van der Waals surface area contributed by atoms with Crippen LogP contribution in [0.25, 0.3) is 6.08 Å². The topological polar surface area (TPSA) is 72.2 Å². The lowest BCUT2D eigenvalue weighted by Crippen LogP contribution is -2.08. The van der Waals surface area contributed by atoms with E-state index in [4.69, 9.17) is 0 Å². The molecule has 0 atom stereocenters. The molecular formula is C15H14N2O3S. The van der Waals surface area contributed by atoms with Gasteiger partial charge >= 0.3 is 0 Å². The normalized spacial score (nSPS) is 10.8. The predicted molar refractivity (Wildman–Crippen MR) is 84.6 cm³/mol. The van der Waals surface area contributed by atoms with Crippen molar-refractivity contribution < 1.29 is 9.72 Å². The van der Waals surface area contributed by atoms with Crippen molar-refractivity contribution in [3.8, 4) is 0 Å². The Morgan fingerprint density at radius 3 is 2.67 bits per heavy atom. The van der Waals surface area contributed by atoms with E-state index in [9.17, 15) is 14.9 Å². The van der Waals surface area contributed by atoms with Gasteiger partial charge in [0.25, 0.3) is 5.69 Å². The summed E-state index contributed by atoms with van der Waals surface area (Å²) < 4.78 is 0. The van der Waals surface area contributed by atoms with Gasteiger partial charge < -0.3 is 5.32 Å². The Labute approximate surface area is 126 Å². The second-order valence-corrected chi connectivity index (χ2v) is 5.85. The molecule has 1 heterocycles. The summed E-state index contributed by atoms with van der Waals surface area (Å²) >= 11 is 1.59. The number of thiophene rings is 1. The van der Waals surface area contributed by atoms with E-state index in [0.717, 1.165) is 4.88 Å². The van der Waals surface area contributed by atoms with E-state index in [2.05, 4.69) is 5.32 Å². The molecule has 0 bridgehead atoms. The molecule has 2 aromatic rings. The number of aryl methyl sites for hydroxylation is 2. The lowest BCUT2D eigenvalue weighted by molar-refractivity contribution is -0.385. The Kier molecular flexibility index (Phi) is 4.49. The van der Waals surface area contributed by atoms with Crippen molar-refractivity contribution >= 4 is 34.7 Å². The van der Waals surface area contributed by atoms with Crippen molar-refractivity contribution in [2.24, 2.45) is 0 Å². The number of carbonyl (C=O) groups excluding carboxylic acids is 1. The van der Waals surface area contributed by atoms with Crippen LogP contribution in [0.15, 0.2) is 36.4 Å². The maximum absolute atomic E-state index is 11.8. The van der Waals surface area contributed by atoms with Crippen LogP contribution in [0.2, 0.25) is 0 Å². The zero-order valence-electron chi connectivity index (χ0n) is 11.6. The van der Waals surface area contributed by atoms with Crippen LogP contribution in [0.5, 0.6) is 0 Å². The highest BCUT2D eigenvalue weighted by Crippen LogP contribution is 2.22. The summed E-state index contributed by atoms with van der Waals surface area (Å²) in [7, 11) is 0. The van der Waals surface area contributed by atoms with Crippen molar-refractivity contribution in [1.29, 1.82) is 0 Å². The van der Waals surface area contributed by atoms with Gasteiger partial charge in [-0.3, -0.25) is 14.9 Å². The van der Waals surface area contributed by atoms with Gasteiger partial charge in [0, 0.05) is 33.1 Å². The molecule has 5 nitrogen and oxygen atoms in total. The fraction of sp³-hybridized carbons (Fsp3) is 0.133. The quantitative estimate of drug-likeness (QED) is 0.528. The van der Waals surface area contributed by atoms with Crippen molar-refractivity contribution in [2.75, 3.05) is 5.32 Å². The van der Waals surface area contributed by atoms with Gasteiger partial charge in [0.1, 0.15) is 0 Å². The average Bonchev–Trinajstić information content (AvgIpc) is 2.84. The first-order chi connectivity index (χ1) is 9.95. The van der Waals surface area contributed by atoms with Crippen LogP contribution >= 0.6 is 11.3 Å². The molecule has 0 saturated heterocycles. The average molecular weight is 302 g/mol. The molecule has 108 valence electrons. The van der Waals surface area contributed by atoms with Gasteiger partial charge in [0.15, 0.2) is 0 Å². The Hall–Kier alpha value is -2.47. The van der Waals surface area contributed by atoms with Gasteiger partial charge in [-0.05, 0) is 38.1 Å². The number of hydrogen-bond donors (Lipinski definition) is 1. The van der Waals surface area contributed by atoms with Crippen LogP contribution in [-0.2, 0) is 4.79 Å². The number of anilines is 1. The van der Waals surface area contributed by atoms with Crippen molar-refractivity contribution in [2.45, 2.75) is 13.8 Å². The molecular weight excluding hydrogens is 288 g/mol. The molecule has 0 aliphatic heterocycles. The van der Waals surface area contributed by atoms with Gasteiger partial charge in [0.05, 0.1) is 4.92 Å². The van der Waals surface area contributed by atoms with Gasteiger partial charge in [-0.15, -0.1) is 11.3 Å². The highest BCUT2D eigenvalue weighted by Gasteiger charge is 2.11. The van der Waals surface area contributed by atoms with E-state index in [1.807, 2.05) is 19.1 Å². The smallest absolute Gasteiger partial charge is 0.274 e. The molecule has 6 heteroatoms. The number of nitro groups is 1. The standard InChI is InChI=1S/C15H14N2O3S/c1-10-3-5-12(9-14(10)17(19)20)16-15(18)8-7-13-6-4-11(2)21-13/h3-9H,1-2H3,(H,16,18)/b8-7+. The van der Waals surface area contributed by atoms with Crippen LogP contribution in [0.1, 0.15) is 15.3 Å². The van der Waals surface area contributed by atoms with Gasteiger partial charge in [0.2, 0.25) is 5.91 Å². The molecule has 0 unspecified atom stereocenters. The summed E-state index contributed by atoms with van der Waals surface area (Å²) in [6.07, 6.45) is 3.13. The van der Waals surface area contributed by atoms with Gasteiger partial charge in [-0.25, -0.2) is 0 Å². The summed E-state index contributed by atoms with van der Waals surface area (Å²) in [5.74, 6) is -0.320. The molecule has 0 aliphatic carbocycles. The highest BCUT2D eigenvalue weighted by molar-refractivity contribution is 7.12. The molecule has 0 radical (unpaired) electrons. The molecule has 0 aliphatic rings. The zero-order chi connectivity index (χ0) is 15.4. The third kappa shape index (κ3) is 4.00. The minimum absolute atomic E-state index is 0.00865. The molecule has 0 spiro atoms. The third-order valence-corrected chi connectivity index (χ3v) is 3.80. The molecule has 1 N–H and O–H groups in total. The van der Waals surface area contributed by atoms with E-state index in [1.165, 1.54) is 17.0 Å². The summed E-state index contributed by atoms with van der Waals surface area (Å²) in [5.41, 5.74) is 0.956. The van der Waals surface area contributed by atoms with E-state index in [1.54, 1.807) is 36.5 Å². The second-order valence-electron chi connectivity index (χ2n) is 4.53. The van der Waals surface area contributed by atoms with E-state index in [-0.39, 0.29) is 11.6 Å². The van der Waals surface area contributed by atoms with Crippen LogP contribution in [0, 0.1) is 24.0 Å². The number of nitrogens with one attached hydrogen (secondary N) is 1. The summed E-state index contributed by atoms with van der Waals surface area (Å²) in [4.78, 5) is 24.3. The summed E-state index contributed by atoms with van der Waals surface area (Å²) in [5, 5.41) is 13.5. The summed E-state index contributed by atoms with van der Waals surface area (Å²) in [6, 6.07) is 8.52. The van der Waals surface area contributed by atoms with Crippen molar-refractivity contribution in [3.05, 3.63) is 61.8 Å². The Bertz CT molecular complexity index is 719. The lowest BCUT2D eigenvalue weighted by atomic mass is 10.2. The van der Waals surface area contributed by atoms with Gasteiger partial charge in [-0.1, -0.05) is 6.07 Å². The first-order valence-corrected chi connectivity index (χ1v) is 7.08. The van der Waals surface area contributed by atoms with E-state index < -0.39 is 4.92 Å². The van der Waals surface area contributed by atoms with Crippen LogP contribution in [0.4, 0.5) is 11.4 Å². The second kappa shape index (κ2) is 6.32. The molecule has 0 fully saturated rings. The molecule has 1 aromatic carbocycles. The number of amides is 1. The molecule has 2 rings (SSSR count). The maximum atomic E-state index is 11.8. The van der Waals surface area contributed by atoms with E-state index in [0.29, 0.717) is 11.3 Å². The fourth-order valence-corrected chi connectivity index (χ4v) is 2.55. The van der Waals surface area contributed by atoms with Gasteiger partial charge in [-0.2, -0.15) is 0 Å². The van der Waals surface area contributed by atoms with E-state index >= 15 is 0 Å². The number of rotatable bonds is 4. The Balaban J connectivity index is 2.07. The number of benzene rings is 1. The molecule has 1 aromatic heterocycles. The first kappa shape index (κ1) is 14.9. The number of carbonyl (C=O) groups is 1. The number of nitro benzene ring substituents is 1. The number of hydrogen-bond acceptors (Lipinski definition) is 4. The highest BCUT2D eigenvalue weighted by atomic mass is 32.1. The fourth-order valence-electron chi connectivity index (χ4n) is 1.77. The van der Waals surface area contributed by atoms with Crippen molar-refractivity contribution in [1.82, 2.24) is 0 Å². The van der Waals surface area contributed by atoms with Crippen LogP contribution < -0.4 is 5.32 Å². The van der Waals surface area contributed by atoms with Crippen LogP contribution in [0.3, 0.4) is 0 Å². The number of nitrogens with zero attached hydrogens (tertiary/aromatic N) is 1.